The molecular weight excluding hydrogens is 424 g/mol. The van der Waals surface area contributed by atoms with Gasteiger partial charge in [-0.3, -0.25) is 9.69 Å². The van der Waals surface area contributed by atoms with E-state index in [0.29, 0.717) is 33.9 Å². The van der Waals surface area contributed by atoms with E-state index in [1.807, 2.05) is 48.5 Å². The van der Waals surface area contributed by atoms with Crippen LogP contribution in [0.5, 0.6) is 5.75 Å². The summed E-state index contributed by atoms with van der Waals surface area (Å²) < 4.78 is 6.32. The molecule has 0 bridgehead atoms. The number of amides is 1. The molecule has 0 aromatic heterocycles. The van der Waals surface area contributed by atoms with E-state index in [0.717, 1.165) is 11.1 Å². The molecule has 32 heavy (non-hydrogen) atoms. The summed E-state index contributed by atoms with van der Waals surface area (Å²) >= 11 is 6.44. The lowest BCUT2D eigenvalue weighted by atomic mass is 9.79. The Bertz CT molecular complexity index is 1320. The second kappa shape index (κ2) is 7.40. The molecule has 1 spiro atoms. The van der Waals surface area contributed by atoms with E-state index >= 15 is 0 Å². The highest BCUT2D eigenvalue weighted by molar-refractivity contribution is 6.33. The Kier molecular flexibility index (Phi) is 4.65. The van der Waals surface area contributed by atoms with Crippen LogP contribution in [0.3, 0.4) is 0 Å². The number of nitrogens with two attached hydrogens (primary N) is 1. The number of nitrogens with zero attached hydrogens (tertiary/aromatic N) is 3. The van der Waals surface area contributed by atoms with E-state index in [-0.39, 0.29) is 18.0 Å². The van der Waals surface area contributed by atoms with Gasteiger partial charge < -0.3 is 10.5 Å². The molecule has 0 saturated carbocycles. The van der Waals surface area contributed by atoms with Gasteiger partial charge in [0.05, 0.1) is 11.6 Å². The largest absolute Gasteiger partial charge is 0.485 e. The SMILES string of the molecule is CN1C(=O)C2(CC(c3ccccc3)Oc3ccc(-c4cc(C#N)ccc4Cl)cc32)N=C1N. The average molecular weight is 443 g/mol. The number of guanidine groups is 1. The minimum atomic E-state index is -1.19. The smallest absolute Gasteiger partial charge is 0.261 e. The van der Waals surface area contributed by atoms with Gasteiger partial charge >= 0.3 is 0 Å². The molecule has 3 aromatic carbocycles. The average Bonchev–Trinajstić information content (AvgIpc) is 3.03. The molecule has 0 radical (unpaired) electrons. The lowest BCUT2D eigenvalue weighted by molar-refractivity contribution is -0.132. The van der Waals surface area contributed by atoms with Crippen molar-refractivity contribution < 1.29 is 9.53 Å². The van der Waals surface area contributed by atoms with Crippen LogP contribution in [0.25, 0.3) is 11.1 Å². The van der Waals surface area contributed by atoms with E-state index in [2.05, 4.69) is 11.1 Å². The van der Waals surface area contributed by atoms with Crippen LogP contribution in [0.1, 0.15) is 29.2 Å². The first-order valence-electron chi connectivity index (χ1n) is 10.1. The van der Waals surface area contributed by atoms with E-state index in [1.165, 1.54) is 4.90 Å². The first kappa shape index (κ1) is 20.1. The zero-order valence-corrected chi connectivity index (χ0v) is 18.0. The van der Waals surface area contributed by atoms with Crippen molar-refractivity contribution in [3.05, 3.63) is 88.4 Å². The minimum Gasteiger partial charge on any atom is -0.485 e. The Morgan fingerprint density at radius 1 is 1.19 bits per heavy atom. The molecule has 6 nitrogen and oxygen atoms in total. The third-order valence-corrected chi connectivity index (χ3v) is 6.39. The number of likely N-dealkylation sites (N-methyl/N-ethyl adjacent to an activating group) is 1. The molecule has 158 valence electrons. The van der Waals surface area contributed by atoms with Crippen molar-refractivity contribution in [3.63, 3.8) is 0 Å². The molecule has 2 N–H and O–H groups in total. The van der Waals surface area contributed by atoms with Crippen molar-refractivity contribution in [2.45, 2.75) is 18.1 Å². The van der Waals surface area contributed by atoms with E-state index in [1.54, 1.807) is 25.2 Å². The van der Waals surface area contributed by atoms with E-state index < -0.39 is 5.54 Å². The third kappa shape index (κ3) is 3.02. The third-order valence-electron chi connectivity index (χ3n) is 6.06. The van der Waals surface area contributed by atoms with Crippen LogP contribution in [-0.2, 0) is 10.3 Å². The molecule has 0 fully saturated rings. The van der Waals surface area contributed by atoms with Crippen molar-refractivity contribution in [2.24, 2.45) is 10.7 Å². The molecule has 0 saturated heterocycles. The maximum Gasteiger partial charge on any atom is 0.261 e. The highest BCUT2D eigenvalue weighted by Gasteiger charge is 2.53. The van der Waals surface area contributed by atoms with Crippen LogP contribution in [0.4, 0.5) is 0 Å². The highest BCUT2D eigenvalue weighted by atomic mass is 35.5. The van der Waals surface area contributed by atoms with Crippen LogP contribution in [0.2, 0.25) is 5.02 Å². The number of fused-ring (bicyclic) bond motifs is 2. The Morgan fingerprint density at radius 3 is 2.66 bits per heavy atom. The van der Waals surface area contributed by atoms with Gasteiger partial charge in [-0.2, -0.15) is 5.26 Å². The number of ether oxygens (including phenoxy) is 1. The Hall–Kier alpha value is -3.82. The van der Waals surface area contributed by atoms with Gasteiger partial charge in [0.25, 0.3) is 5.91 Å². The quantitative estimate of drug-likeness (QED) is 0.637. The van der Waals surface area contributed by atoms with Gasteiger partial charge in [0.1, 0.15) is 11.9 Å². The normalized spacial score (nSPS) is 21.7. The number of nitriles is 1. The molecule has 2 unspecified atom stereocenters. The van der Waals surface area contributed by atoms with Crippen LogP contribution in [0, 0.1) is 11.3 Å². The Labute approximate surface area is 190 Å². The topological polar surface area (TPSA) is 91.7 Å². The van der Waals surface area contributed by atoms with E-state index in [4.69, 9.17) is 22.1 Å². The first-order valence-corrected chi connectivity index (χ1v) is 10.5. The summed E-state index contributed by atoms with van der Waals surface area (Å²) in [5.74, 6) is 0.542. The predicted molar refractivity (Wildman–Crippen MR) is 122 cm³/mol. The number of halogens is 1. The molecular formula is C25H19ClN4O2. The van der Waals surface area contributed by atoms with E-state index in [9.17, 15) is 10.1 Å². The fourth-order valence-corrected chi connectivity index (χ4v) is 4.60. The van der Waals surface area contributed by atoms with Crippen molar-refractivity contribution in [1.82, 2.24) is 4.90 Å². The Balaban J connectivity index is 1.69. The Morgan fingerprint density at radius 2 is 1.97 bits per heavy atom. The maximum atomic E-state index is 13.5. The number of carbonyl (C=O) groups is 1. The van der Waals surface area contributed by atoms with Gasteiger partial charge in [-0.25, -0.2) is 4.99 Å². The van der Waals surface area contributed by atoms with Crippen LogP contribution >= 0.6 is 11.6 Å². The van der Waals surface area contributed by atoms with Crippen LogP contribution in [0.15, 0.2) is 71.7 Å². The van der Waals surface area contributed by atoms with Gasteiger partial charge in [0.15, 0.2) is 11.5 Å². The van der Waals surface area contributed by atoms with Gasteiger partial charge in [-0.15, -0.1) is 0 Å². The van der Waals surface area contributed by atoms with Gasteiger partial charge in [-0.05, 0) is 41.5 Å². The molecule has 2 atom stereocenters. The minimum absolute atomic E-state index is 0.171. The molecule has 2 heterocycles. The molecule has 1 amide bonds. The van der Waals surface area contributed by atoms with Crippen molar-refractivity contribution >= 4 is 23.5 Å². The molecule has 7 heteroatoms. The summed E-state index contributed by atoms with van der Waals surface area (Å²) in [6.45, 7) is 0. The highest BCUT2D eigenvalue weighted by Crippen LogP contribution is 2.50. The van der Waals surface area contributed by atoms with Crippen molar-refractivity contribution in [3.8, 4) is 22.9 Å². The fraction of sp³-hybridized carbons (Fsp3) is 0.160. The van der Waals surface area contributed by atoms with Gasteiger partial charge in [0, 0.05) is 29.6 Å². The maximum absolute atomic E-state index is 13.5. The first-order chi connectivity index (χ1) is 15.4. The lowest BCUT2D eigenvalue weighted by Gasteiger charge is -2.37. The number of hydrogen-bond donors (Lipinski definition) is 1. The molecule has 0 aliphatic carbocycles. The van der Waals surface area contributed by atoms with Crippen LogP contribution in [-0.4, -0.2) is 23.8 Å². The summed E-state index contributed by atoms with van der Waals surface area (Å²) in [5.41, 5.74) is 8.45. The van der Waals surface area contributed by atoms with Gasteiger partial charge in [0.2, 0.25) is 0 Å². The lowest BCUT2D eigenvalue weighted by Crippen LogP contribution is -2.43. The second-order valence-corrected chi connectivity index (χ2v) is 8.34. The molecule has 2 aliphatic heterocycles. The zero-order chi connectivity index (χ0) is 22.5. The zero-order valence-electron chi connectivity index (χ0n) is 17.2. The summed E-state index contributed by atoms with van der Waals surface area (Å²) in [6, 6.07) is 22.6. The number of rotatable bonds is 2. The predicted octanol–water partition coefficient (Wildman–Crippen LogP) is 4.38. The summed E-state index contributed by atoms with van der Waals surface area (Å²) in [4.78, 5) is 19.5. The monoisotopic (exact) mass is 442 g/mol. The number of aliphatic imine (C=N–C) groups is 1. The molecule has 2 aliphatic rings. The fourth-order valence-electron chi connectivity index (χ4n) is 4.37. The van der Waals surface area contributed by atoms with Gasteiger partial charge in [-0.1, -0.05) is 48.0 Å². The van der Waals surface area contributed by atoms with Crippen molar-refractivity contribution in [2.75, 3.05) is 7.05 Å². The number of carbonyl (C=O) groups excluding carboxylic acids is 1. The standard InChI is InChI=1S/C25H19ClN4O2/c1-30-23(31)25(29-24(30)28)13-22(16-5-3-2-4-6-16)32-21-10-8-17(12-19(21)25)18-11-15(14-27)7-9-20(18)26/h2-12,22H,13H2,1H3,(H2,28,29). The second-order valence-electron chi connectivity index (χ2n) is 7.93. The molecule has 3 aromatic rings. The number of hydrogen-bond acceptors (Lipinski definition) is 5. The number of benzene rings is 3. The summed E-state index contributed by atoms with van der Waals surface area (Å²) in [5, 5.41) is 9.80. The van der Waals surface area contributed by atoms with Crippen molar-refractivity contribution in [1.29, 1.82) is 5.26 Å². The van der Waals surface area contributed by atoms with Crippen LogP contribution < -0.4 is 10.5 Å². The summed E-state index contributed by atoms with van der Waals surface area (Å²) in [7, 11) is 1.62. The summed E-state index contributed by atoms with van der Waals surface area (Å²) in [6.07, 6.45) is -0.0319. The molecule has 5 rings (SSSR count).